The molecule has 0 unspecified atom stereocenters. The molecule has 0 radical (unpaired) electrons. The molecule has 29 heavy (non-hydrogen) atoms. The van der Waals surface area contributed by atoms with E-state index in [1.54, 1.807) is 6.20 Å². The Kier molecular flexibility index (Phi) is 5.97. The van der Waals surface area contributed by atoms with Crippen LogP contribution in [0.5, 0.6) is 0 Å². The van der Waals surface area contributed by atoms with Gasteiger partial charge < -0.3 is 24.9 Å². The predicted octanol–water partition coefficient (Wildman–Crippen LogP) is 1.96. The van der Waals surface area contributed by atoms with Crippen molar-refractivity contribution in [2.75, 3.05) is 76.7 Å². The van der Waals surface area contributed by atoms with Gasteiger partial charge in [0.05, 0.1) is 11.9 Å². The Morgan fingerprint density at radius 2 is 1.38 bits per heavy atom. The Morgan fingerprint density at radius 1 is 0.793 bits per heavy atom. The van der Waals surface area contributed by atoms with E-state index in [0.29, 0.717) is 5.69 Å². The van der Waals surface area contributed by atoms with Crippen molar-refractivity contribution in [3.05, 3.63) is 48.3 Å². The number of anilines is 3. The number of pyridine rings is 1. The van der Waals surface area contributed by atoms with Crippen LogP contribution in [0.25, 0.3) is 0 Å². The highest BCUT2D eigenvalue weighted by Crippen LogP contribution is 2.22. The molecule has 7 heteroatoms. The number of nitrogens with one attached hydrogen (secondary N) is 1. The third-order valence-corrected chi connectivity index (χ3v) is 5.80. The van der Waals surface area contributed by atoms with Gasteiger partial charge in [0, 0.05) is 63.7 Å². The lowest BCUT2D eigenvalue weighted by atomic mass is 10.2. The molecule has 2 aromatic rings. The maximum atomic E-state index is 12.6. The topological polar surface area (TPSA) is 55.0 Å². The molecular formula is C22H30N6O. The highest BCUT2D eigenvalue weighted by Gasteiger charge is 2.21. The van der Waals surface area contributed by atoms with E-state index in [1.807, 2.05) is 17.0 Å². The standard InChI is InChI=1S/C22H30N6O/c1-25-9-13-27(14-10-25)20-6-3-18(4-7-20)24-19-5-8-21(23-17-19)22(29)28-15-11-26(2)12-16-28/h3-8,17,24H,9-16H2,1-2H3. The fourth-order valence-corrected chi connectivity index (χ4v) is 3.75. The molecule has 0 bridgehead atoms. The van der Waals surface area contributed by atoms with Crippen molar-refractivity contribution in [3.63, 3.8) is 0 Å². The maximum absolute atomic E-state index is 12.6. The summed E-state index contributed by atoms with van der Waals surface area (Å²) in [6.07, 6.45) is 1.73. The molecule has 1 aromatic heterocycles. The number of aromatic nitrogens is 1. The Balaban J connectivity index is 1.34. The maximum Gasteiger partial charge on any atom is 0.272 e. The molecule has 154 valence electrons. The largest absolute Gasteiger partial charge is 0.369 e. The Hall–Kier alpha value is -2.64. The van der Waals surface area contributed by atoms with Crippen LogP contribution < -0.4 is 10.2 Å². The van der Waals surface area contributed by atoms with Gasteiger partial charge in [0.15, 0.2) is 0 Å². The lowest BCUT2D eigenvalue weighted by Gasteiger charge is -2.34. The quantitative estimate of drug-likeness (QED) is 0.856. The summed E-state index contributed by atoms with van der Waals surface area (Å²) in [5.74, 6) is 0.0150. The normalized spacial score (nSPS) is 18.7. The summed E-state index contributed by atoms with van der Waals surface area (Å²) in [4.78, 5) is 25.9. The number of piperazine rings is 2. The van der Waals surface area contributed by atoms with Gasteiger partial charge in [-0.15, -0.1) is 0 Å². The second-order valence-corrected chi connectivity index (χ2v) is 7.99. The number of hydrogen-bond acceptors (Lipinski definition) is 6. The van der Waals surface area contributed by atoms with Crippen LogP contribution >= 0.6 is 0 Å². The minimum absolute atomic E-state index is 0.0150. The van der Waals surface area contributed by atoms with Crippen LogP contribution in [0.3, 0.4) is 0 Å². The van der Waals surface area contributed by atoms with Crippen LogP contribution in [0, 0.1) is 0 Å². The number of carbonyl (C=O) groups excluding carboxylic acids is 1. The molecule has 2 aliphatic rings. The van der Waals surface area contributed by atoms with Crippen molar-refractivity contribution in [1.82, 2.24) is 19.7 Å². The summed E-state index contributed by atoms with van der Waals surface area (Å²) in [6, 6.07) is 12.2. The molecule has 2 fully saturated rings. The van der Waals surface area contributed by atoms with Crippen molar-refractivity contribution < 1.29 is 4.79 Å². The SMILES string of the molecule is CN1CCN(C(=O)c2ccc(Nc3ccc(N4CCN(C)CC4)cc3)cn2)CC1. The van der Waals surface area contributed by atoms with Crippen molar-refractivity contribution in [2.24, 2.45) is 0 Å². The summed E-state index contributed by atoms with van der Waals surface area (Å²) in [5, 5.41) is 3.37. The van der Waals surface area contributed by atoms with Crippen molar-refractivity contribution in [1.29, 1.82) is 0 Å². The summed E-state index contributed by atoms with van der Waals surface area (Å²) < 4.78 is 0. The summed E-state index contributed by atoms with van der Waals surface area (Å²) in [6.45, 7) is 7.68. The van der Waals surface area contributed by atoms with E-state index in [-0.39, 0.29) is 5.91 Å². The van der Waals surface area contributed by atoms with Gasteiger partial charge in [0.1, 0.15) is 5.69 Å². The lowest BCUT2D eigenvalue weighted by molar-refractivity contribution is 0.0658. The van der Waals surface area contributed by atoms with Gasteiger partial charge in [-0.25, -0.2) is 4.98 Å². The molecule has 0 atom stereocenters. The monoisotopic (exact) mass is 394 g/mol. The Bertz CT molecular complexity index is 806. The molecule has 2 saturated heterocycles. The molecule has 2 aliphatic heterocycles. The molecular weight excluding hydrogens is 364 g/mol. The molecule has 0 spiro atoms. The summed E-state index contributed by atoms with van der Waals surface area (Å²) in [5.41, 5.74) is 3.66. The highest BCUT2D eigenvalue weighted by molar-refractivity contribution is 5.92. The third kappa shape index (κ3) is 4.86. The smallest absolute Gasteiger partial charge is 0.272 e. The van der Waals surface area contributed by atoms with Crippen LogP contribution in [0.1, 0.15) is 10.5 Å². The average molecular weight is 395 g/mol. The van der Waals surface area contributed by atoms with Crippen molar-refractivity contribution in [2.45, 2.75) is 0 Å². The molecule has 4 rings (SSSR count). The van der Waals surface area contributed by atoms with Gasteiger partial charge >= 0.3 is 0 Å². The number of rotatable bonds is 4. The van der Waals surface area contributed by atoms with E-state index in [1.165, 1.54) is 5.69 Å². The first-order chi connectivity index (χ1) is 14.1. The molecule has 1 aromatic carbocycles. The number of hydrogen-bond donors (Lipinski definition) is 1. The molecule has 1 N–H and O–H groups in total. The Labute approximate surface area is 172 Å². The van der Waals surface area contributed by atoms with Crippen LogP contribution in [0.2, 0.25) is 0 Å². The van der Waals surface area contributed by atoms with E-state index in [2.05, 4.69) is 63.4 Å². The lowest BCUT2D eigenvalue weighted by Crippen LogP contribution is -2.47. The number of likely N-dealkylation sites (N-methyl/N-ethyl adjacent to an activating group) is 2. The van der Waals surface area contributed by atoms with E-state index in [9.17, 15) is 4.79 Å². The van der Waals surface area contributed by atoms with Gasteiger partial charge in [-0.2, -0.15) is 0 Å². The fraction of sp³-hybridized carbons (Fsp3) is 0.455. The van der Waals surface area contributed by atoms with E-state index in [4.69, 9.17) is 0 Å². The first-order valence-electron chi connectivity index (χ1n) is 10.3. The van der Waals surface area contributed by atoms with Crippen LogP contribution in [0.4, 0.5) is 17.1 Å². The van der Waals surface area contributed by atoms with Crippen molar-refractivity contribution >= 4 is 23.0 Å². The van der Waals surface area contributed by atoms with E-state index < -0.39 is 0 Å². The van der Waals surface area contributed by atoms with Crippen LogP contribution in [-0.2, 0) is 0 Å². The first-order valence-corrected chi connectivity index (χ1v) is 10.3. The Morgan fingerprint density at radius 3 is 1.97 bits per heavy atom. The zero-order valence-corrected chi connectivity index (χ0v) is 17.3. The van der Waals surface area contributed by atoms with Gasteiger partial charge in [0.2, 0.25) is 0 Å². The predicted molar refractivity (Wildman–Crippen MR) is 117 cm³/mol. The van der Waals surface area contributed by atoms with E-state index in [0.717, 1.165) is 63.7 Å². The average Bonchev–Trinajstić information content (AvgIpc) is 2.76. The molecule has 3 heterocycles. The van der Waals surface area contributed by atoms with Gasteiger partial charge in [0.25, 0.3) is 5.91 Å². The first kappa shape index (κ1) is 19.7. The van der Waals surface area contributed by atoms with Gasteiger partial charge in [-0.3, -0.25) is 4.79 Å². The third-order valence-electron chi connectivity index (χ3n) is 5.80. The summed E-state index contributed by atoms with van der Waals surface area (Å²) >= 11 is 0. The molecule has 0 aliphatic carbocycles. The number of nitrogens with zero attached hydrogens (tertiary/aromatic N) is 5. The number of carbonyl (C=O) groups is 1. The van der Waals surface area contributed by atoms with Crippen molar-refractivity contribution in [3.8, 4) is 0 Å². The summed E-state index contributed by atoms with van der Waals surface area (Å²) in [7, 11) is 4.25. The van der Waals surface area contributed by atoms with Gasteiger partial charge in [-0.05, 0) is 50.5 Å². The minimum atomic E-state index is 0.0150. The zero-order chi connectivity index (χ0) is 20.2. The van der Waals surface area contributed by atoms with Gasteiger partial charge in [-0.1, -0.05) is 0 Å². The highest BCUT2D eigenvalue weighted by atomic mass is 16.2. The number of benzene rings is 1. The molecule has 0 saturated carbocycles. The fourth-order valence-electron chi connectivity index (χ4n) is 3.75. The minimum Gasteiger partial charge on any atom is -0.369 e. The van der Waals surface area contributed by atoms with Crippen LogP contribution in [0.15, 0.2) is 42.6 Å². The van der Waals surface area contributed by atoms with Crippen LogP contribution in [-0.4, -0.2) is 92.0 Å². The number of amides is 1. The second kappa shape index (κ2) is 8.80. The molecule has 1 amide bonds. The zero-order valence-electron chi connectivity index (χ0n) is 17.3. The molecule has 7 nitrogen and oxygen atoms in total. The second-order valence-electron chi connectivity index (χ2n) is 7.99. The van der Waals surface area contributed by atoms with E-state index >= 15 is 0 Å².